The summed E-state index contributed by atoms with van der Waals surface area (Å²) in [4.78, 5) is 2.55. The van der Waals surface area contributed by atoms with Crippen LogP contribution in [0.15, 0.2) is 0 Å². The van der Waals surface area contributed by atoms with Gasteiger partial charge in [0, 0.05) is 12.1 Å². The van der Waals surface area contributed by atoms with Crippen molar-refractivity contribution >= 4 is 0 Å². The van der Waals surface area contributed by atoms with Crippen LogP contribution in [0.5, 0.6) is 0 Å². The molecule has 0 heterocycles. The van der Waals surface area contributed by atoms with E-state index >= 15 is 0 Å². The highest BCUT2D eigenvalue weighted by Gasteiger charge is 2.35. The van der Waals surface area contributed by atoms with Gasteiger partial charge < -0.3 is 0 Å². The molecule has 2 fully saturated rings. The molecule has 0 N–H and O–H groups in total. The van der Waals surface area contributed by atoms with E-state index in [1.807, 2.05) is 0 Å². The molecule has 0 saturated heterocycles. The van der Waals surface area contributed by atoms with Crippen molar-refractivity contribution in [3.63, 3.8) is 0 Å². The highest BCUT2D eigenvalue weighted by atomic mass is 15.2. The third-order valence-corrected chi connectivity index (χ3v) is 4.76. The van der Waals surface area contributed by atoms with E-state index in [9.17, 15) is 5.26 Å². The fourth-order valence-electron chi connectivity index (χ4n) is 3.73. The molecule has 0 aliphatic heterocycles. The van der Waals surface area contributed by atoms with Gasteiger partial charge in [-0.1, -0.05) is 26.2 Å². The van der Waals surface area contributed by atoms with Crippen molar-refractivity contribution < 1.29 is 0 Å². The summed E-state index contributed by atoms with van der Waals surface area (Å²) in [6, 6.07) is 3.77. The highest BCUT2D eigenvalue weighted by Crippen LogP contribution is 2.35. The van der Waals surface area contributed by atoms with Crippen LogP contribution in [0.1, 0.15) is 51.9 Å². The van der Waals surface area contributed by atoms with Crippen molar-refractivity contribution in [1.82, 2.24) is 4.90 Å². The van der Waals surface area contributed by atoms with E-state index in [2.05, 4.69) is 24.9 Å². The minimum atomic E-state index is 0.291. The predicted octanol–water partition coefficient (Wildman–Crippen LogP) is 3.19. The molecule has 2 nitrogen and oxygen atoms in total. The van der Waals surface area contributed by atoms with Crippen LogP contribution in [0.4, 0.5) is 0 Å². The molecule has 0 bridgehead atoms. The van der Waals surface area contributed by atoms with Gasteiger partial charge in [-0.2, -0.15) is 5.26 Å². The van der Waals surface area contributed by atoms with Gasteiger partial charge in [-0.25, -0.2) is 0 Å². The molecule has 16 heavy (non-hydrogen) atoms. The Labute approximate surface area is 99.6 Å². The SMILES string of the molecule is CC1CCCCC1N(C)C1CCCC1C#N. The Hall–Kier alpha value is -0.550. The number of nitrogens with zero attached hydrogens (tertiary/aromatic N) is 2. The van der Waals surface area contributed by atoms with Crippen molar-refractivity contribution in [3.8, 4) is 6.07 Å². The van der Waals surface area contributed by atoms with Gasteiger partial charge in [0.15, 0.2) is 0 Å². The summed E-state index contributed by atoms with van der Waals surface area (Å²) in [6.45, 7) is 2.39. The zero-order chi connectivity index (χ0) is 11.5. The topological polar surface area (TPSA) is 27.0 Å². The molecule has 2 aliphatic carbocycles. The third-order valence-electron chi connectivity index (χ3n) is 4.76. The van der Waals surface area contributed by atoms with Gasteiger partial charge in [0.25, 0.3) is 0 Å². The maximum atomic E-state index is 9.17. The molecule has 0 amide bonds. The Balaban J connectivity index is 2.00. The molecule has 90 valence electrons. The Morgan fingerprint density at radius 1 is 1.00 bits per heavy atom. The number of hydrogen-bond acceptors (Lipinski definition) is 2. The smallest absolute Gasteiger partial charge is 0.0672 e. The summed E-state index contributed by atoms with van der Waals surface area (Å²) in [5, 5.41) is 9.17. The fourth-order valence-corrected chi connectivity index (χ4v) is 3.73. The summed E-state index contributed by atoms with van der Waals surface area (Å²) in [7, 11) is 2.26. The second kappa shape index (κ2) is 5.19. The van der Waals surface area contributed by atoms with Crippen LogP contribution in [-0.2, 0) is 0 Å². The van der Waals surface area contributed by atoms with Crippen LogP contribution >= 0.6 is 0 Å². The first kappa shape index (κ1) is 11.9. The first-order valence-corrected chi connectivity index (χ1v) is 6.85. The molecule has 2 rings (SSSR count). The second-order valence-corrected chi connectivity index (χ2v) is 5.73. The van der Waals surface area contributed by atoms with E-state index in [1.165, 1.54) is 38.5 Å². The highest BCUT2D eigenvalue weighted by molar-refractivity contribution is 4.99. The van der Waals surface area contributed by atoms with Gasteiger partial charge in [0.1, 0.15) is 0 Å². The van der Waals surface area contributed by atoms with Crippen molar-refractivity contribution in [2.45, 2.75) is 64.0 Å². The molecule has 2 heteroatoms. The van der Waals surface area contributed by atoms with E-state index in [1.54, 1.807) is 0 Å². The summed E-state index contributed by atoms with van der Waals surface area (Å²) < 4.78 is 0. The lowest BCUT2D eigenvalue weighted by Crippen LogP contribution is -2.46. The standard InChI is InChI=1S/C14H24N2/c1-11-6-3-4-8-13(11)16(2)14-9-5-7-12(14)10-15/h11-14H,3-9H2,1-2H3. The number of nitriles is 1. The Bertz CT molecular complexity index is 268. The molecule has 0 radical (unpaired) electrons. The van der Waals surface area contributed by atoms with E-state index < -0.39 is 0 Å². The van der Waals surface area contributed by atoms with E-state index in [0.717, 1.165) is 18.4 Å². The predicted molar refractivity (Wildman–Crippen MR) is 65.9 cm³/mol. The van der Waals surface area contributed by atoms with Crippen molar-refractivity contribution in [3.05, 3.63) is 0 Å². The fraction of sp³-hybridized carbons (Fsp3) is 0.929. The van der Waals surface area contributed by atoms with Gasteiger partial charge in [-0.15, -0.1) is 0 Å². The van der Waals surface area contributed by atoms with Crippen LogP contribution < -0.4 is 0 Å². The maximum Gasteiger partial charge on any atom is 0.0672 e. The average molecular weight is 220 g/mol. The van der Waals surface area contributed by atoms with Gasteiger partial charge >= 0.3 is 0 Å². The largest absolute Gasteiger partial charge is 0.299 e. The van der Waals surface area contributed by atoms with Gasteiger partial charge in [-0.05, 0) is 38.6 Å². The van der Waals surface area contributed by atoms with E-state index in [0.29, 0.717) is 12.0 Å². The van der Waals surface area contributed by atoms with Crippen LogP contribution in [0, 0.1) is 23.2 Å². The monoisotopic (exact) mass is 220 g/mol. The van der Waals surface area contributed by atoms with Gasteiger partial charge in [0.05, 0.1) is 12.0 Å². The molecule has 0 spiro atoms. The lowest BCUT2D eigenvalue weighted by molar-refractivity contribution is 0.0875. The zero-order valence-corrected chi connectivity index (χ0v) is 10.7. The average Bonchev–Trinajstić information content (AvgIpc) is 2.77. The summed E-state index contributed by atoms with van der Waals surface area (Å²) in [6.07, 6.45) is 9.09. The van der Waals surface area contributed by atoms with Crippen LogP contribution in [0.3, 0.4) is 0 Å². The molecule has 4 atom stereocenters. The zero-order valence-electron chi connectivity index (χ0n) is 10.7. The van der Waals surface area contributed by atoms with E-state index in [4.69, 9.17) is 0 Å². The lowest BCUT2D eigenvalue weighted by Gasteiger charge is -2.40. The first-order valence-electron chi connectivity index (χ1n) is 6.85. The van der Waals surface area contributed by atoms with Gasteiger partial charge in [-0.3, -0.25) is 4.90 Å². The molecular formula is C14H24N2. The van der Waals surface area contributed by atoms with Crippen LogP contribution in [0.25, 0.3) is 0 Å². The maximum absolute atomic E-state index is 9.17. The van der Waals surface area contributed by atoms with Crippen molar-refractivity contribution in [2.75, 3.05) is 7.05 Å². The molecule has 2 saturated carbocycles. The Morgan fingerprint density at radius 3 is 2.38 bits per heavy atom. The molecule has 2 aliphatic rings. The molecular weight excluding hydrogens is 196 g/mol. The van der Waals surface area contributed by atoms with Crippen LogP contribution in [0.2, 0.25) is 0 Å². The van der Waals surface area contributed by atoms with Crippen molar-refractivity contribution in [1.29, 1.82) is 5.26 Å². The number of hydrogen-bond donors (Lipinski definition) is 0. The minimum absolute atomic E-state index is 0.291. The number of rotatable bonds is 2. The summed E-state index contributed by atoms with van der Waals surface area (Å²) >= 11 is 0. The normalized spacial score (nSPS) is 39.9. The van der Waals surface area contributed by atoms with E-state index in [-0.39, 0.29) is 0 Å². The minimum Gasteiger partial charge on any atom is -0.299 e. The Kier molecular flexibility index (Phi) is 3.86. The lowest BCUT2D eigenvalue weighted by atomic mass is 9.84. The van der Waals surface area contributed by atoms with Gasteiger partial charge in [0.2, 0.25) is 0 Å². The molecule has 0 aromatic heterocycles. The van der Waals surface area contributed by atoms with Crippen LogP contribution in [-0.4, -0.2) is 24.0 Å². The molecule has 0 aromatic carbocycles. The third kappa shape index (κ3) is 2.25. The van der Waals surface area contributed by atoms with Crippen molar-refractivity contribution in [2.24, 2.45) is 11.8 Å². The quantitative estimate of drug-likeness (QED) is 0.714. The Morgan fingerprint density at radius 2 is 1.69 bits per heavy atom. The second-order valence-electron chi connectivity index (χ2n) is 5.73. The summed E-state index contributed by atoms with van der Waals surface area (Å²) in [5.74, 6) is 1.11. The first-order chi connectivity index (χ1) is 7.74. The molecule has 4 unspecified atom stereocenters. The summed E-state index contributed by atoms with van der Waals surface area (Å²) in [5.41, 5.74) is 0. The molecule has 0 aromatic rings.